The van der Waals surface area contributed by atoms with E-state index in [2.05, 4.69) is 12.2 Å². The first-order valence-corrected chi connectivity index (χ1v) is 7.45. The summed E-state index contributed by atoms with van der Waals surface area (Å²) in [5, 5.41) is 3.35. The molecule has 15 heavy (non-hydrogen) atoms. The van der Waals surface area contributed by atoms with Gasteiger partial charge in [0.1, 0.15) is 16.1 Å². The zero-order valence-corrected chi connectivity index (χ0v) is 9.92. The highest BCUT2D eigenvalue weighted by atomic mass is 32.2. The highest BCUT2D eigenvalue weighted by molar-refractivity contribution is 7.91. The summed E-state index contributed by atoms with van der Waals surface area (Å²) in [4.78, 5) is 0. The van der Waals surface area contributed by atoms with Crippen LogP contribution in [-0.2, 0) is 14.6 Å². The van der Waals surface area contributed by atoms with Crippen LogP contribution in [-0.4, -0.2) is 38.8 Å². The van der Waals surface area contributed by atoms with E-state index >= 15 is 0 Å². The van der Waals surface area contributed by atoms with Crippen LogP contribution < -0.4 is 5.32 Å². The second-order valence-corrected chi connectivity index (χ2v) is 7.02. The third-order valence-electron chi connectivity index (χ3n) is 3.24. The molecule has 88 valence electrons. The highest BCUT2D eigenvalue weighted by Crippen LogP contribution is 2.24. The number of hydrogen-bond acceptors (Lipinski definition) is 4. The Balaban J connectivity index is 1.77. The smallest absolute Gasteiger partial charge is 0.150 e. The average Bonchev–Trinajstić information content (AvgIpc) is 2.55. The maximum absolute atomic E-state index is 11.2. The van der Waals surface area contributed by atoms with Crippen molar-refractivity contribution in [1.29, 1.82) is 0 Å². The summed E-state index contributed by atoms with van der Waals surface area (Å²) in [5.41, 5.74) is 0. The van der Waals surface area contributed by atoms with Gasteiger partial charge in [-0.25, -0.2) is 8.42 Å². The lowest BCUT2D eigenvalue weighted by Gasteiger charge is -2.24. The first-order valence-electron chi connectivity index (χ1n) is 5.63. The molecule has 0 amide bonds. The van der Waals surface area contributed by atoms with Gasteiger partial charge in [0.15, 0.2) is 0 Å². The average molecular weight is 233 g/mol. The molecule has 0 bridgehead atoms. The van der Waals surface area contributed by atoms with Crippen LogP contribution >= 0.6 is 0 Å². The summed E-state index contributed by atoms with van der Waals surface area (Å²) in [6, 6.07) is 0.433. The maximum Gasteiger partial charge on any atom is 0.150 e. The largest absolute Gasteiger partial charge is 0.362 e. The maximum atomic E-state index is 11.2. The van der Waals surface area contributed by atoms with E-state index in [-0.39, 0.29) is 6.23 Å². The molecular formula is C10H19NO3S. The number of nitrogens with one attached hydrogen (secondary N) is 1. The summed E-state index contributed by atoms with van der Waals surface area (Å²) in [5.74, 6) is 1.23. The predicted octanol–water partition coefficient (Wildman–Crippen LogP) is 0.536. The minimum absolute atomic E-state index is 0.144. The molecule has 2 heterocycles. The molecule has 1 N–H and O–H groups in total. The quantitative estimate of drug-likeness (QED) is 0.756. The van der Waals surface area contributed by atoms with Crippen LogP contribution in [0.1, 0.15) is 26.2 Å². The summed E-state index contributed by atoms with van der Waals surface area (Å²) < 4.78 is 28.0. The molecule has 2 rings (SSSR count). The van der Waals surface area contributed by atoms with Gasteiger partial charge >= 0.3 is 0 Å². The van der Waals surface area contributed by atoms with E-state index in [0.29, 0.717) is 23.5 Å². The van der Waals surface area contributed by atoms with E-state index < -0.39 is 9.84 Å². The molecule has 5 heteroatoms. The van der Waals surface area contributed by atoms with E-state index in [4.69, 9.17) is 4.74 Å². The third-order valence-corrected chi connectivity index (χ3v) is 4.95. The Bertz CT molecular complexity index is 301. The van der Waals surface area contributed by atoms with Crippen molar-refractivity contribution in [2.75, 3.05) is 18.1 Å². The van der Waals surface area contributed by atoms with Crippen molar-refractivity contribution in [2.24, 2.45) is 5.92 Å². The summed E-state index contributed by atoms with van der Waals surface area (Å²) in [7, 11) is -2.72. The predicted molar refractivity (Wildman–Crippen MR) is 58.3 cm³/mol. The van der Waals surface area contributed by atoms with E-state index in [0.717, 1.165) is 25.9 Å². The number of sulfone groups is 1. The minimum atomic E-state index is -2.72. The standard InChI is InChI=1S/C10H19NO3S/c1-8-7-14-10(11-8)6-9-2-4-15(12,13)5-3-9/h8-11H,2-7H2,1H3. The van der Waals surface area contributed by atoms with Crippen molar-refractivity contribution < 1.29 is 13.2 Å². The molecule has 0 aromatic rings. The Hall–Kier alpha value is -0.130. The van der Waals surface area contributed by atoms with Gasteiger partial charge in [0.2, 0.25) is 0 Å². The van der Waals surface area contributed by atoms with Gasteiger partial charge in [-0.1, -0.05) is 0 Å². The Morgan fingerprint density at radius 3 is 2.53 bits per heavy atom. The molecule has 2 atom stereocenters. The van der Waals surface area contributed by atoms with Crippen LogP contribution in [0, 0.1) is 5.92 Å². The second-order valence-electron chi connectivity index (χ2n) is 4.72. The molecule has 0 radical (unpaired) electrons. The second kappa shape index (κ2) is 4.39. The van der Waals surface area contributed by atoms with Gasteiger partial charge in [-0.3, -0.25) is 5.32 Å². The van der Waals surface area contributed by atoms with Crippen molar-refractivity contribution in [3.8, 4) is 0 Å². The van der Waals surface area contributed by atoms with Gasteiger partial charge in [-0.05, 0) is 32.1 Å². The molecule has 2 unspecified atom stereocenters. The first-order chi connectivity index (χ1) is 7.05. The van der Waals surface area contributed by atoms with Crippen LogP contribution in [0.15, 0.2) is 0 Å². The van der Waals surface area contributed by atoms with Crippen LogP contribution in [0.2, 0.25) is 0 Å². The molecule has 0 saturated carbocycles. The van der Waals surface area contributed by atoms with Gasteiger partial charge in [0.25, 0.3) is 0 Å². The summed E-state index contributed by atoms with van der Waals surface area (Å²) in [6.45, 7) is 2.88. The van der Waals surface area contributed by atoms with E-state index in [1.807, 2.05) is 0 Å². The van der Waals surface area contributed by atoms with Gasteiger partial charge in [0, 0.05) is 6.04 Å². The zero-order chi connectivity index (χ0) is 10.9. The molecule has 2 fully saturated rings. The fraction of sp³-hybridized carbons (Fsp3) is 1.00. The van der Waals surface area contributed by atoms with Crippen molar-refractivity contribution in [2.45, 2.75) is 38.5 Å². The Kier molecular flexibility index (Phi) is 3.33. The molecule has 0 aromatic heterocycles. The van der Waals surface area contributed by atoms with E-state index in [1.54, 1.807) is 0 Å². The third kappa shape index (κ3) is 3.16. The topological polar surface area (TPSA) is 55.4 Å². The van der Waals surface area contributed by atoms with Crippen molar-refractivity contribution in [3.63, 3.8) is 0 Å². The van der Waals surface area contributed by atoms with Crippen LogP contribution in [0.4, 0.5) is 0 Å². The van der Waals surface area contributed by atoms with E-state index in [9.17, 15) is 8.42 Å². The summed E-state index contributed by atoms with van der Waals surface area (Å²) in [6.07, 6.45) is 2.71. The van der Waals surface area contributed by atoms with Crippen LogP contribution in [0.25, 0.3) is 0 Å². The normalized spacial score (nSPS) is 36.9. The van der Waals surface area contributed by atoms with Gasteiger partial charge in [-0.15, -0.1) is 0 Å². The molecule has 2 aliphatic rings. The van der Waals surface area contributed by atoms with Gasteiger partial charge < -0.3 is 4.74 Å². The number of ether oxygens (including phenoxy) is 1. The molecule has 2 saturated heterocycles. The fourth-order valence-corrected chi connectivity index (χ4v) is 3.88. The lowest BCUT2D eigenvalue weighted by Crippen LogP contribution is -2.32. The monoisotopic (exact) mass is 233 g/mol. The van der Waals surface area contributed by atoms with Crippen LogP contribution in [0.5, 0.6) is 0 Å². The Labute approximate surface area is 91.3 Å². The summed E-state index contributed by atoms with van der Waals surface area (Å²) >= 11 is 0. The first kappa shape index (κ1) is 11.4. The van der Waals surface area contributed by atoms with Gasteiger partial charge in [0.05, 0.1) is 18.1 Å². The number of rotatable bonds is 2. The molecule has 0 aromatic carbocycles. The molecule has 4 nitrogen and oxygen atoms in total. The lowest BCUT2D eigenvalue weighted by molar-refractivity contribution is 0.0773. The Morgan fingerprint density at radius 2 is 2.00 bits per heavy atom. The SMILES string of the molecule is CC1COC(CC2CCS(=O)(=O)CC2)N1. The van der Waals surface area contributed by atoms with Gasteiger partial charge in [-0.2, -0.15) is 0 Å². The fourth-order valence-electron chi connectivity index (χ4n) is 2.29. The minimum Gasteiger partial charge on any atom is -0.362 e. The number of hydrogen-bond donors (Lipinski definition) is 1. The zero-order valence-electron chi connectivity index (χ0n) is 9.11. The molecule has 0 aliphatic carbocycles. The van der Waals surface area contributed by atoms with Crippen LogP contribution in [0.3, 0.4) is 0 Å². The molecular weight excluding hydrogens is 214 g/mol. The molecule has 0 spiro atoms. The van der Waals surface area contributed by atoms with Crippen molar-refractivity contribution >= 4 is 9.84 Å². The van der Waals surface area contributed by atoms with E-state index in [1.165, 1.54) is 0 Å². The van der Waals surface area contributed by atoms with Crippen molar-refractivity contribution in [1.82, 2.24) is 5.32 Å². The highest BCUT2D eigenvalue weighted by Gasteiger charge is 2.28. The lowest BCUT2D eigenvalue weighted by atomic mass is 9.98. The molecule has 2 aliphatic heterocycles. The Morgan fingerprint density at radius 1 is 1.33 bits per heavy atom. The van der Waals surface area contributed by atoms with Crippen molar-refractivity contribution in [3.05, 3.63) is 0 Å².